The van der Waals surface area contributed by atoms with E-state index in [-0.39, 0.29) is 5.69 Å². The number of hydrogen-bond acceptors (Lipinski definition) is 2. The smallest absolute Gasteiger partial charge is 0.330 e. The molecule has 0 saturated heterocycles. The highest BCUT2D eigenvalue weighted by molar-refractivity contribution is 4.79. The molecular formula is C8H14N2O2. The van der Waals surface area contributed by atoms with Gasteiger partial charge in [0, 0.05) is 25.5 Å². The van der Waals surface area contributed by atoms with Crippen LogP contribution in [0, 0.1) is 0 Å². The van der Waals surface area contributed by atoms with Gasteiger partial charge in [0.2, 0.25) is 0 Å². The van der Waals surface area contributed by atoms with Crippen molar-refractivity contribution in [3.8, 4) is 0 Å². The fraction of sp³-hybridized carbons (Fsp3) is 0.625. The maximum atomic E-state index is 11.4. The van der Waals surface area contributed by atoms with E-state index in [1.807, 2.05) is 13.8 Å². The van der Waals surface area contributed by atoms with E-state index in [0.29, 0.717) is 19.9 Å². The van der Waals surface area contributed by atoms with Gasteiger partial charge in [-0.15, -0.1) is 0 Å². The Labute approximate surface area is 71.4 Å². The third-order valence-electron chi connectivity index (χ3n) is 1.69. The van der Waals surface area contributed by atoms with Crippen molar-refractivity contribution < 1.29 is 4.74 Å². The largest absolute Gasteiger partial charge is 0.361 e. The number of hydrogen-bond donors (Lipinski definition) is 0. The second-order valence-corrected chi connectivity index (χ2v) is 2.46. The van der Waals surface area contributed by atoms with Crippen LogP contribution in [0.3, 0.4) is 0 Å². The Kier molecular flexibility index (Phi) is 3.10. The topological polar surface area (TPSA) is 36.2 Å². The minimum absolute atomic E-state index is 0.00838. The van der Waals surface area contributed by atoms with Crippen molar-refractivity contribution in [3.05, 3.63) is 22.9 Å². The molecule has 1 aromatic heterocycles. The second kappa shape index (κ2) is 4.11. The first-order valence-corrected chi connectivity index (χ1v) is 4.13. The van der Waals surface area contributed by atoms with Gasteiger partial charge >= 0.3 is 5.69 Å². The molecule has 1 heterocycles. The first-order chi connectivity index (χ1) is 5.79. The Balaban J connectivity index is 2.73. The number of aromatic nitrogens is 2. The molecule has 0 aromatic carbocycles. The quantitative estimate of drug-likeness (QED) is 0.665. The van der Waals surface area contributed by atoms with Crippen LogP contribution in [0.2, 0.25) is 0 Å². The van der Waals surface area contributed by atoms with Crippen molar-refractivity contribution in [2.45, 2.75) is 27.1 Å². The molecule has 0 amide bonds. The van der Waals surface area contributed by atoms with E-state index in [4.69, 9.17) is 4.74 Å². The van der Waals surface area contributed by atoms with Gasteiger partial charge in [-0.1, -0.05) is 0 Å². The monoisotopic (exact) mass is 170 g/mol. The SMILES string of the molecule is CCOCn1ccn(CC)c1=O. The molecular weight excluding hydrogens is 156 g/mol. The summed E-state index contributed by atoms with van der Waals surface area (Å²) in [5.41, 5.74) is -0.00838. The van der Waals surface area contributed by atoms with Gasteiger partial charge < -0.3 is 4.74 Å². The predicted molar refractivity (Wildman–Crippen MR) is 46.0 cm³/mol. The number of ether oxygens (including phenoxy) is 1. The fourth-order valence-electron chi connectivity index (χ4n) is 0.982. The minimum Gasteiger partial charge on any atom is -0.361 e. The molecule has 0 spiro atoms. The molecule has 0 aliphatic carbocycles. The van der Waals surface area contributed by atoms with Gasteiger partial charge in [0.25, 0.3) is 0 Å². The maximum Gasteiger partial charge on any atom is 0.330 e. The summed E-state index contributed by atoms with van der Waals surface area (Å²) in [4.78, 5) is 11.4. The molecule has 1 rings (SSSR count). The molecule has 0 radical (unpaired) electrons. The normalized spacial score (nSPS) is 10.5. The summed E-state index contributed by atoms with van der Waals surface area (Å²) in [6.45, 7) is 5.53. The zero-order valence-electron chi connectivity index (χ0n) is 7.49. The highest BCUT2D eigenvalue weighted by Crippen LogP contribution is 1.86. The summed E-state index contributed by atoms with van der Waals surface area (Å²) in [7, 11) is 0. The van der Waals surface area contributed by atoms with Gasteiger partial charge in [0.05, 0.1) is 0 Å². The molecule has 0 aliphatic heterocycles. The Morgan fingerprint density at radius 2 is 2.00 bits per heavy atom. The standard InChI is InChI=1S/C8H14N2O2/c1-3-9-5-6-10(8(9)11)7-12-4-2/h5-6H,3-4,7H2,1-2H3. The molecule has 0 aliphatic rings. The lowest BCUT2D eigenvalue weighted by Crippen LogP contribution is -2.24. The predicted octanol–water partition coefficient (Wildman–Crippen LogP) is 0.664. The van der Waals surface area contributed by atoms with Crippen LogP contribution in [0.4, 0.5) is 0 Å². The molecule has 0 N–H and O–H groups in total. The molecule has 68 valence electrons. The van der Waals surface area contributed by atoms with Crippen LogP contribution in [-0.4, -0.2) is 15.7 Å². The summed E-state index contributed by atoms with van der Waals surface area (Å²) in [6, 6.07) is 0. The number of rotatable bonds is 4. The zero-order valence-corrected chi connectivity index (χ0v) is 7.49. The maximum absolute atomic E-state index is 11.4. The number of aryl methyl sites for hydroxylation is 1. The van der Waals surface area contributed by atoms with E-state index in [2.05, 4.69) is 0 Å². The first-order valence-electron chi connectivity index (χ1n) is 4.13. The average molecular weight is 170 g/mol. The molecule has 4 nitrogen and oxygen atoms in total. The fourth-order valence-corrected chi connectivity index (χ4v) is 0.982. The third kappa shape index (κ3) is 1.76. The molecule has 0 bridgehead atoms. The Morgan fingerprint density at radius 1 is 1.33 bits per heavy atom. The van der Waals surface area contributed by atoms with Gasteiger partial charge in [-0.05, 0) is 13.8 Å². The van der Waals surface area contributed by atoms with Gasteiger partial charge in [-0.25, -0.2) is 4.79 Å². The highest BCUT2D eigenvalue weighted by Gasteiger charge is 1.99. The average Bonchev–Trinajstić information content (AvgIpc) is 2.43. The van der Waals surface area contributed by atoms with Crippen LogP contribution in [0.25, 0.3) is 0 Å². The second-order valence-electron chi connectivity index (χ2n) is 2.46. The van der Waals surface area contributed by atoms with Gasteiger partial charge in [0.1, 0.15) is 6.73 Å². The summed E-state index contributed by atoms with van der Waals surface area (Å²) in [6.07, 6.45) is 3.50. The third-order valence-corrected chi connectivity index (χ3v) is 1.69. The van der Waals surface area contributed by atoms with E-state index in [1.165, 1.54) is 0 Å². The summed E-state index contributed by atoms with van der Waals surface area (Å²) in [5, 5.41) is 0. The van der Waals surface area contributed by atoms with Crippen LogP contribution in [0.5, 0.6) is 0 Å². The van der Waals surface area contributed by atoms with Crippen molar-refractivity contribution in [1.29, 1.82) is 0 Å². The van der Waals surface area contributed by atoms with E-state index >= 15 is 0 Å². The van der Waals surface area contributed by atoms with E-state index < -0.39 is 0 Å². The Bertz CT molecular complexity index is 287. The molecule has 0 atom stereocenters. The number of imidazole rings is 1. The van der Waals surface area contributed by atoms with E-state index in [9.17, 15) is 4.79 Å². The van der Waals surface area contributed by atoms with Gasteiger partial charge in [-0.3, -0.25) is 9.13 Å². The van der Waals surface area contributed by atoms with Crippen LogP contribution >= 0.6 is 0 Å². The van der Waals surface area contributed by atoms with Crippen LogP contribution in [0.15, 0.2) is 17.2 Å². The number of nitrogens with zero attached hydrogens (tertiary/aromatic N) is 2. The lowest BCUT2D eigenvalue weighted by atomic mass is 10.7. The molecule has 0 fully saturated rings. The molecule has 1 aromatic rings. The Hall–Kier alpha value is -1.03. The van der Waals surface area contributed by atoms with Crippen LogP contribution in [-0.2, 0) is 18.0 Å². The van der Waals surface area contributed by atoms with Crippen molar-refractivity contribution >= 4 is 0 Å². The van der Waals surface area contributed by atoms with Crippen molar-refractivity contribution in [2.24, 2.45) is 0 Å². The molecule has 0 unspecified atom stereocenters. The van der Waals surface area contributed by atoms with Crippen LogP contribution < -0.4 is 5.69 Å². The van der Waals surface area contributed by atoms with Gasteiger partial charge in [-0.2, -0.15) is 0 Å². The zero-order chi connectivity index (χ0) is 8.97. The van der Waals surface area contributed by atoms with Crippen molar-refractivity contribution in [2.75, 3.05) is 6.61 Å². The molecule has 4 heteroatoms. The Morgan fingerprint density at radius 3 is 2.50 bits per heavy atom. The lowest BCUT2D eigenvalue weighted by molar-refractivity contribution is 0.0851. The van der Waals surface area contributed by atoms with Crippen LogP contribution in [0.1, 0.15) is 13.8 Å². The van der Waals surface area contributed by atoms with Crippen molar-refractivity contribution in [3.63, 3.8) is 0 Å². The highest BCUT2D eigenvalue weighted by atomic mass is 16.5. The minimum atomic E-state index is -0.00838. The summed E-state index contributed by atoms with van der Waals surface area (Å²) < 4.78 is 8.29. The lowest BCUT2D eigenvalue weighted by Gasteiger charge is -1.99. The van der Waals surface area contributed by atoms with E-state index in [1.54, 1.807) is 21.5 Å². The molecule has 12 heavy (non-hydrogen) atoms. The van der Waals surface area contributed by atoms with Gasteiger partial charge in [0.15, 0.2) is 0 Å². The summed E-state index contributed by atoms with van der Waals surface area (Å²) >= 11 is 0. The molecule has 0 saturated carbocycles. The first kappa shape index (κ1) is 9.06. The van der Waals surface area contributed by atoms with E-state index in [0.717, 1.165) is 0 Å². The summed E-state index contributed by atoms with van der Waals surface area (Å²) in [5.74, 6) is 0. The van der Waals surface area contributed by atoms with Crippen molar-refractivity contribution in [1.82, 2.24) is 9.13 Å².